The molecule has 0 aliphatic carbocycles. The minimum atomic E-state index is -0.386. The molecule has 1 fully saturated rings. The Labute approximate surface area is 111 Å². The summed E-state index contributed by atoms with van der Waals surface area (Å²) in [6, 6.07) is 0. The van der Waals surface area contributed by atoms with Crippen molar-refractivity contribution in [2.24, 2.45) is 0 Å². The van der Waals surface area contributed by atoms with Gasteiger partial charge in [-0.1, -0.05) is 0 Å². The molecule has 0 amide bonds. The lowest BCUT2D eigenvalue weighted by Gasteiger charge is -2.29. The van der Waals surface area contributed by atoms with Crippen LogP contribution >= 0.6 is 11.6 Å². The lowest BCUT2D eigenvalue weighted by atomic mass is 10.0. The summed E-state index contributed by atoms with van der Waals surface area (Å²) in [5, 5.41) is 0.286. The maximum atomic E-state index is 6.04. The van der Waals surface area contributed by atoms with Crippen LogP contribution in [0.3, 0.4) is 0 Å². The lowest BCUT2D eigenvalue weighted by molar-refractivity contribution is -0.0100. The van der Waals surface area contributed by atoms with Gasteiger partial charge in [-0.05, 0) is 25.4 Å². The molecule has 1 aromatic heterocycles. The number of ether oxygens (including phenoxy) is 2. The number of hydrogen-bond acceptors (Lipinski definition) is 5. The van der Waals surface area contributed by atoms with E-state index in [1.165, 1.54) is 0 Å². The van der Waals surface area contributed by atoms with Crippen molar-refractivity contribution in [1.82, 2.24) is 9.97 Å². The minimum absolute atomic E-state index is 0.286. The smallest absolute Gasteiger partial charge is 0.224 e. The first-order chi connectivity index (χ1) is 8.58. The van der Waals surface area contributed by atoms with Crippen LogP contribution in [0.2, 0.25) is 5.28 Å². The number of aromatic nitrogens is 2. The van der Waals surface area contributed by atoms with Crippen molar-refractivity contribution >= 4 is 17.4 Å². The molecule has 3 heterocycles. The molecule has 98 valence electrons. The molecule has 2 aliphatic heterocycles. The van der Waals surface area contributed by atoms with E-state index in [1.54, 1.807) is 0 Å². The van der Waals surface area contributed by atoms with Crippen molar-refractivity contribution in [2.75, 3.05) is 31.2 Å². The maximum absolute atomic E-state index is 6.04. The van der Waals surface area contributed by atoms with E-state index in [0.717, 1.165) is 43.4 Å². The molecule has 0 unspecified atom stereocenters. The molecule has 0 atom stereocenters. The highest BCUT2D eigenvalue weighted by Gasteiger charge is 2.36. The Hall–Kier alpha value is -0.910. The number of anilines is 1. The fourth-order valence-corrected chi connectivity index (χ4v) is 2.60. The zero-order valence-electron chi connectivity index (χ0n) is 10.6. The Morgan fingerprint density at radius 1 is 1.22 bits per heavy atom. The normalized spacial score (nSPS) is 22.1. The van der Waals surface area contributed by atoms with Gasteiger partial charge in [0.1, 0.15) is 11.4 Å². The van der Waals surface area contributed by atoms with E-state index < -0.39 is 0 Å². The van der Waals surface area contributed by atoms with E-state index in [2.05, 4.69) is 14.9 Å². The second-order valence-corrected chi connectivity index (χ2v) is 5.38. The largest absolute Gasteiger partial charge is 0.378 e. The SMILES string of the molecule is CC1(C)OCc2c(N3CCOCC3)nc(Cl)nc21. The average Bonchev–Trinajstić information content (AvgIpc) is 2.66. The van der Waals surface area contributed by atoms with Crippen LogP contribution in [0.25, 0.3) is 0 Å². The molecule has 18 heavy (non-hydrogen) atoms. The highest BCUT2D eigenvalue weighted by molar-refractivity contribution is 6.28. The Morgan fingerprint density at radius 2 is 1.94 bits per heavy atom. The van der Waals surface area contributed by atoms with Gasteiger partial charge in [-0.3, -0.25) is 0 Å². The third-order valence-electron chi connectivity index (χ3n) is 3.42. The molecule has 0 bridgehead atoms. The summed E-state index contributed by atoms with van der Waals surface area (Å²) in [5.74, 6) is 0.902. The molecule has 3 rings (SSSR count). The topological polar surface area (TPSA) is 47.5 Å². The number of halogens is 1. The van der Waals surface area contributed by atoms with E-state index in [0.29, 0.717) is 6.61 Å². The Kier molecular flexibility index (Phi) is 2.92. The minimum Gasteiger partial charge on any atom is -0.378 e. The molecular formula is C12H16ClN3O2. The van der Waals surface area contributed by atoms with Crippen molar-refractivity contribution in [2.45, 2.75) is 26.1 Å². The van der Waals surface area contributed by atoms with Gasteiger partial charge < -0.3 is 14.4 Å². The third kappa shape index (κ3) is 1.96. The summed E-state index contributed by atoms with van der Waals surface area (Å²) in [7, 11) is 0. The number of morpholine rings is 1. The van der Waals surface area contributed by atoms with Gasteiger partial charge in [0, 0.05) is 18.7 Å². The Bertz CT molecular complexity index is 473. The van der Waals surface area contributed by atoms with E-state index in [1.807, 2.05) is 13.8 Å². The molecule has 0 saturated carbocycles. The second kappa shape index (κ2) is 4.33. The van der Waals surface area contributed by atoms with Crippen LogP contribution in [0.5, 0.6) is 0 Å². The molecular weight excluding hydrogens is 254 g/mol. The summed E-state index contributed by atoms with van der Waals surface area (Å²) in [6.07, 6.45) is 0. The van der Waals surface area contributed by atoms with Crippen LogP contribution in [0, 0.1) is 0 Å². The van der Waals surface area contributed by atoms with Gasteiger partial charge in [0.15, 0.2) is 0 Å². The van der Waals surface area contributed by atoms with E-state index in [4.69, 9.17) is 21.1 Å². The molecule has 5 nitrogen and oxygen atoms in total. The predicted molar refractivity (Wildman–Crippen MR) is 67.9 cm³/mol. The molecule has 0 aromatic carbocycles. The van der Waals surface area contributed by atoms with Crippen LogP contribution in [-0.4, -0.2) is 36.3 Å². The van der Waals surface area contributed by atoms with Crippen molar-refractivity contribution in [1.29, 1.82) is 0 Å². The van der Waals surface area contributed by atoms with Gasteiger partial charge in [-0.2, -0.15) is 0 Å². The van der Waals surface area contributed by atoms with Crippen LogP contribution in [0.15, 0.2) is 0 Å². The van der Waals surface area contributed by atoms with Crippen molar-refractivity contribution < 1.29 is 9.47 Å². The van der Waals surface area contributed by atoms with E-state index in [9.17, 15) is 0 Å². The monoisotopic (exact) mass is 269 g/mol. The van der Waals surface area contributed by atoms with Crippen LogP contribution < -0.4 is 4.90 Å². The second-order valence-electron chi connectivity index (χ2n) is 5.04. The summed E-state index contributed by atoms with van der Waals surface area (Å²) in [5.41, 5.74) is 1.58. The molecule has 1 saturated heterocycles. The molecule has 0 N–H and O–H groups in total. The van der Waals surface area contributed by atoms with Gasteiger partial charge in [-0.25, -0.2) is 9.97 Å². The quantitative estimate of drug-likeness (QED) is 0.727. The van der Waals surface area contributed by atoms with Gasteiger partial charge in [-0.15, -0.1) is 0 Å². The third-order valence-corrected chi connectivity index (χ3v) is 3.59. The van der Waals surface area contributed by atoms with Crippen LogP contribution in [0.1, 0.15) is 25.1 Å². The standard InChI is InChI=1S/C12H16ClN3O2/c1-12(2)9-8(7-18-12)10(15-11(13)14-9)16-3-5-17-6-4-16/h3-7H2,1-2H3. The summed E-state index contributed by atoms with van der Waals surface area (Å²) in [4.78, 5) is 10.9. The first-order valence-electron chi connectivity index (χ1n) is 6.11. The van der Waals surface area contributed by atoms with Crippen molar-refractivity contribution in [3.05, 3.63) is 16.5 Å². The molecule has 0 radical (unpaired) electrons. The Balaban J connectivity index is 2.05. The van der Waals surface area contributed by atoms with E-state index in [-0.39, 0.29) is 10.9 Å². The molecule has 6 heteroatoms. The first-order valence-corrected chi connectivity index (χ1v) is 6.49. The molecule has 1 aromatic rings. The first kappa shape index (κ1) is 12.1. The van der Waals surface area contributed by atoms with Crippen molar-refractivity contribution in [3.63, 3.8) is 0 Å². The number of nitrogens with zero attached hydrogens (tertiary/aromatic N) is 3. The van der Waals surface area contributed by atoms with Crippen LogP contribution in [-0.2, 0) is 21.7 Å². The lowest BCUT2D eigenvalue weighted by Crippen LogP contribution is -2.37. The van der Waals surface area contributed by atoms with Crippen molar-refractivity contribution in [3.8, 4) is 0 Å². The van der Waals surface area contributed by atoms with Crippen LogP contribution in [0.4, 0.5) is 5.82 Å². The Morgan fingerprint density at radius 3 is 2.67 bits per heavy atom. The zero-order valence-corrected chi connectivity index (χ0v) is 11.3. The van der Waals surface area contributed by atoms with Gasteiger partial charge in [0.25, 0.3) is 0 Å². The van der Waals surface area contributed by atoms with Gasteiger partial charge in [0.05, 0.1) is 25.5 Å². The van der Waals surface area contributed by atoms with Gasteiger partial charge in [0.2, 0.25) is 5.28 Å². The van der Waals surface area contributed by atoms with E-state index >= 15 is 0 Å². The number of rotatable bonds is 1. The highest BCUT2D eigenvalue weighted by atomic mass is 35.5. The summed E-state index contributed by atoms with van der Waals surface area (Å²) >= 11 is 6.04. The average molecular weight is 270 g/mol. The van der Waals surface area contributed by atoms with Gasteiger partial charge >= 0.3 is 0 Å². The fourth-order valence-electron chi connectivity index (χ4n) is 2.43. The molecule has 0 spiro atoms. The fraction of sp³-hybridized carbons (Fsp3) is 0.667. The molecule has 2 aliphatic rings. The summed E-state index contributed by atoms with van der Waals surface area (Å²) in [6.45, 7) is 7.67. The maximum Gasteiger partial charge on any atom is 0.224 e. The number of hydrogen-bond donors (Lipinski definition) is 0. The highest BCUT2D eigenvalue weighted by Crippen LogP contribution is 2.39. The number of fused-ring (bicyclic) bond motifs is 1. The zero-order chi connectivity index (χ0) is 12.8. The predicted octanol–water partition coefficient (Wildman–Crippen LogP) is 1.73. The summed E-state index contributed by atoms with van der Waals surface area (Å²) < 4.78 is 11.1.